The van der Waals surface area contributed by atoms with Gasteiger partial charge >= 0.3 is 0 Å². The van der Waals surface area contributed by atoms with E-state index in [1.165, 1.54) is 25.3 Å². The van der Waals surface area contributed by atoms with Crippen molar-refractivity contribution in [1.82, 2.24) is 20.2 Å². The molecule has 0 aliphatic carbocycles. The number of rotatable bonds is 5. The van der Waals surface area contributed by atoms with Crippen LogP contribution in [0.15, 0.2) is 47.4 Å². The molecule has 0 aliphatic rings. The number of nitrogen functional groups attached to an aromatic ring is 1. The summed E-state index contributed by atoms with van der Waals surface area (Å²) >= 11 is 5.78. The summed E-state index contributed by atoms with van der Waals surface area (Å²) < 4.78 is 46.5. The molecule has 0 amide bonds. The highest BCUT2D eigenvalue weighted by molar-refractivity contribution is 7.92. The Kier molecular flexibility index (Phi) is 4.92. The fourth-order valence-corrected chi connectivity index (χ4v) is 4.17. The van der Waals surface area contributed by atoms with Crippen LogP contribution in [0.25, 0.3) is 22.4 Å². The average molecular weight is 449 g/mol. The highest BCUT2D eigenvalue weighted by atomic mass is 35.5. The lowest BCUT2D eigenvalue weighted by Crippen LogP contribution is -2.14. The van der Waals surface area contributed by atoms with E-state index < -0.39 is 20.7 Å². The fraction of sp³-hybridized carbons (Fsp3) is 0.0556. The van der Waals surface area contributed by atoms with Crippen LogP contribution in [0.5, 0.6) is 5.88 Å². The maximum Gasteiger partial charge on any atom is 0.264 e. The van der Waals surface area contributed by atoms with Crippen molar-refractivity contribution in [3.05, 3.63) is 53.3 Å². The Balaban J connectivity index is 1.65. The summed E-state index contributed by atoms with van der Waals surface area (Å²) in [6.45, 7) is 0. The zero-order valence-corrected chi connectivity index (χ0v) is 16.9. The maximum absolute atomic E-state index is 13.9. The molecule has 12 heteroatoms. The van der Waals surface area contributed by atoms with Gasteiger partial charge in [0.25, 0.3) is 10.0 Å². The highest BCUT2D eigenvalue weighted by Crippen LogP contribution is 2.29. The molecule has 0 unspecified atom stereocenters. The van der Waals surface area contributed by atoms with Crippen LogP contribution in [0.3, 0.4) is 0 Å². The first-order chi connectivity index (χ1) is 14.3. The van der Waals surface area contributed by atoms with Crippen LogP contribution < -0.4 is 15.2 Å². The van der Waals surface area contributed by atoms with Gasteiger partial charge in [-0.1, -0.05) is 11.6 Å². The van der Waals surface area contributed by atoms with Crippen molar-refractivity contribution in [2.75, 3.05) is 17.6 Å². The number of nitrogens with one attached hydrogen (secondary N) is 2. The van der Waals surface area contributed by atoms with Gasteiger partial charge in [0.1, 0.15) is 21.9 Å². The summed E-state index contributed by atoms with van der Waals surface area (Å²) in [6, 6.07) is 9.48. The van der Waals surface area contributed by atoms with Gasteiger partial charge in [0.05, 0.1) is 7.11 Å². The van der Waals surface area contributed by atoms with Gasteiger partial charge in [-0.05, 0) is 42.5 Å². The first-order valence-electron chi connectivity index (χ1n) is 8.42. The van der Waals surface area contributed by atoms with Crippen LogP contribution in [-0.2, 0) is 10.0 Å². The van der Waals surface area contributed by atoms with E-state index >= 15 is 0 Å². The molecule has 0 aliphatic heterocycles. The average Bonchev–Trinajstić information content (AvgIpc) is 3.10. The lowest BCUT2D eigenvalue weighted by atomic mass is 10.2. The molecule has 4 N–H and O–H groups in total. The number of nitrogens with two attached hydrogens (primary N) is 1. The summed E-state index contributed by atoms with van der Waals surface area (Å²) in [5, 5.41) is 7.20. The molecule has 154 valence electrons. The molecule has 2 aromatic heterocycles. The van der Waals surface area contributed by atoms with E-state index in [4.69, 9.17) is 22.1 Å². The number of aromatic nitrogens is 4. The van der Waals surface area contributed by atoms with Gasteiger partial charge in [0, 0.05) is 16.3 Å². The normalized spacial score (nSPS) is 11.6. The minimum atomic E-state index is -4.17. The number of fused-ring (bicyclic) bond motifs is 1. The van der Waals surface area contributed by atoms with Gasteiger partial charge in [0.15, 0.2) is 11.5 Å². The zero-order valence-electron chi connectivity index (χ0n) is 15.3. The molecule has 4 aromatic rings. The van der Waals surface area contributed by atoms with E-state index in [1.54, 1.807) is 12.1 Å². The number of halogens is 2. The van der Waals surface area contributed by atoms with Crippen molar-refractivity contribution in [2.45, 2.75) is 4.90 Å². The lowest BCUT2D eigenvalue weighted by Gasteiger charge is -2.10. The van der Waals surface area contributed by atoms with Crippen LogP contribution in [0.1, 0.15) is 0 Å². The quantitative estimate of drug-likeness (QED) is 0.426. The van der Waals surface area contributed by atoms with Crippen LogP contribution in [0, 0.1) is 5.82 Å². The van der Waals surface area contributed by atoms with Crippen LogP contribution in [-0.4, -0.2) is 35.7 Å². The Labute approximate surface area is 175 Å². The molecule has 0 spiro atoms. The largest absolute Gasteiger partial charge is 0.480 e. The van der Waals surface area contributed by atoms with Crippen molar-refractivity contribution in [2.24, 2.45) is 0 Å². The molecule has 0 saturated heterocycles. The second kappa shape index (κ2) is 7.43. The summed E-state index contributed by atoms with van der Waals surface area (Å²) in [4.78, 5) is 8.10. The summed E-state index contributed by atoms with van der Waals surface area (Å²) in [6.07, 6.45) is 0. The smallest absolute Gasteiger partial charge is 0.264 e. The molecule has 0 radical (unpaired) electrons. The number of anilines is 2. The minimum absolute atomic E-state index is 0.104. The van der Waals surface area contributed by atoms with E-state index in [9.17, 15) is 12.8 Å². The Bertz CT molecular complexity index is 1360. The number of benzene rings is 2. The topological polar surface area (TPSA) is 136 Å². The molecule has 0 bridgehead atoms. The zero-order chi connectivity index (χ0) is 21.5. The summed E-state index contributed by atoms with van der Waals surface area (Å²) in [5.41, 5.74) is 6.93. The van der Waals surface area contributed by atoms with Crippen molar-refractivity contribution >= 4 is 44.2 Å². The Morgan fingerprint density at radius 2 is 1.90 bits per heavy atom. The first kappa shape index (κ1) is 19.9. The Hall–Kier alpha value is -3.44. The molecular formula is C18H14ClFN6O3S. The number of hydrogen-bond donors (Lipinski definition) is 3. The number of hydrogen-bond acceptors (Lipinski definition) is 7. The van der Waals surface area contributed by atoms with E-state index in [1.807, 2.05) is 0 Å². The number of sulfonamides is 1. The molecule has 0 fully saturated rings. The van der Waals surface area contributed by atoms with E-state index in [0.29, 0.717) is 22.4 Å². The van der Waals surface area contributed by atoms with E-state index in [2.05, 4.69) is 24.9 Å². The molecule has 0 saturated carbocycles. The van der Waals surface area contributed by atoms with Crippen LogP contribution >= 0.6 is 11.6 Å². The predicted octanol–water partition coefficient (Wildman–Crippen LogP) is 3.20. The third-order valence-electron chi connectivity index (χ3n) is 4.18. The minimum Gasteiger partial charge on any atom is -0.480 e. The monoisotopic (exact) mass is 448 g/mol. The van der Waals surface area contributed by atoms with Gasteiger partial charge in [-0.2, -0.15) is 10.1 Å². The van der Waals surface area contributed by atoms with E-state index in [0.717, 1.165) is 12.1 Å². The second-order valence-electron chi connectivity index (χ2n) is 6.15. The number of ether oxygens (including phenoxy) is 1. The van der Waals surface area contributed by atoms with Crippen molar-refractivity contribution < 1.29 is 17.5 Å². The number of H-pyrrole nitrogens is 1. The Morgan fingerprint density at radius 1 is 1.17 bits per heavy atom. The van der Waals surface area contributed by atoms with Gasteiger partial charge in [-0.25, -0.2) is 17.8 Å². The van der Waals surface area contributed by atoms with Gasteiger partial charge in [0.2, 0.25) is 5.88 Å². The van der Waals surface area contributed by atoms with Crippen molar-refractivity contribution in [1.29, 1.82) is 0 Å². The Morgan fingerprint density at radius 3 is 2.60 bits per heavy atom. The predicted molar refractivity (Wildman–Crippen MR) is 110 cm³/mol. The number of nitrogens with zero attached hydrogens (tertiary/aromatic N) is 3. The molecule has 2 heterocycles. The second-order valence-corrected chi connectivity index (χ2v) is 8.24. The van der Waals surface area contributed by atoms with Gasteiger partial charge < -0.3 is 10.5 Å². The highest BCUT2D eigenvalue weighted by Gasteiger charge is 2.20. The van der Waals surface area contributed by atoms with Gasteiger partial charge in [-0.15, -0.1) is 0 Å². The number of aromatic amines is 1. The molecule has 0 atom stereocenters. The number of methoxy groups -OCH3 is 1. The van der Waals surface area contributed by atoms with Crippen molar-refractivity contribution in [3.63, 3.8) is 0 Å². The third kappa shape index (κ3) is 3.60. The molecule has 4 rings (SSSR count). The first-order valence-corrected chi connectivity index (χ1v) is 10.3. The SMILES string of the molecule is COc1nc(-c2ccc(NS(=O)(=O)c3cc(Cl)ccc3F)cc2)nc2n[nH]c(N)c12. The standard InChI is InChI=1S/C18H14ClFN6O3S/c1-29-18-14-15(21)24-25-17(14)22-16(23-18)9-2-5-11(6-3-9)26-30(27,28)13-8-10(19)4-7-12(13)20/h2-8,26H,1H3,(H3,21,22,23,24,25). The fourth-order valence-electron chi connectivity index (χ4n) is 2.77. The van der Waals surface area contributed by atoms with Crippen molar-refractivity contribution in [3.8, 4) is 17.3 Å². The molecular weight excluding hydrogens is 435 g/mol. The third-order valence-corrected chi connectivity index (χ3v) is 5.81. The molecule has 2 aromatic carbocycles. The van der Waals surface area contributed by atoms with Crippen LogP contribution in [0.2, 0.25) is 5.02 Å². The molecule has 9 nitrogen and oxygen atoms in total. The maximum atomic E-state index is 13.9. The van der Waals surface area contributed by atoms with E-state index in [-0.39, 0.29) is 22.4 Å². The van der Waals surface area contributed by atoms with Crippen LogP contribution in [0.4, 0.5) is 15.9 Å². The molecule has 30 heavy (non-hydrogen) atoms. The summed E-state index contributed by atoms with van der Waals surface area (Å²) in [5.74, 6) is -0.0643. The summed E-state index contributed by atoms with van der Waals surface area (Å²) in [7, 11) is -2.72. The van der Waals surface area contributed by atoms with Gasteiger partial charge in [-0.3, -0.25) is 9.82 Å². The lowest BCUT2D eigenvalue weighted by molar-refractivity contribution is 0.403.